The third-order valence-corrected chi connectivity index (χ3v) is 2.91. The predicted octanol–water partition coefficient (Wildman–Crippen LogP) is 3.40. The molecule has 0 atom stereocenters. The van der Waals surface area contributed by atoms with Crippen molar-refractivity contribution in [2.45, 2.75) is 39.9 Å². The van der Waals surface area contributed by atoms with Gasteiger partial charge in [-0.25, -0.2) is 0 Å². The number of carbonyl (C=O) groups is 1. The van der Waals surface area contributed by atoms with Gasteiger partial charge in [-0.1, -0.05) is 19.9 Å². The van der Waals surface area contributed by atoms with E-state index in [4.69, 9.17) is 14.2 Å². The molecule has 0 aliphatic heterocycles. The second-order valence-electron chi connectivity index (χ2n) is 4.72. The van der Waals surface area contributed by atoms with E-state index in [1.54, 1.807) is 0 Å². The van der Waals surface area contributed by atoms with Crippen molar-refractivity contribution in [3.8, 4) is 5.75 Å². The molecule has 112 valence electrons. The molecule has 0 radical (unpaired) electrons. The number of hydrogen-bond donors (Lipinski definition) is 0. The molecule has 4 nitrogen and oxygen atoms in total. The summed E-state index contributed by atoms with van der Waals surface area (Å²) in [7, 11) is 0. The lowest BCUT2D eigenvalue weighted by atomic mass is 10.0. The van der Waals surface area contributed by atoms with Gasteiger partial charge in [0, 0.05) is 13.2 Å². The van der Waals surface area contributed by atoms with Gasteiger partial charge in [0.1, 0.15) is 12.4 Å². The third kappa shape index (κ3) is 4.94. The number of carbonyl (C=O) groups excluding carboxylic acids is 1. The highest BCUT2D eigenvalue weighted by atomic mass is 16.7. The number of aldehydes is 1. The van der Waals surface area contributed by atoms with E-state index in [9.17, 15) is 4.79 Å². The van der Waals surface area contributed by atoms with E-state index >= 15 is 0 Å². The summed E-state index contributed by atoms with van der Waals surface area (Å²) in [6.07, 6.45) is 0.409. The Kier molecular flexibility index (Phi) is 7.26. The SMILES string of the molecule is CCOC(COc1ccc(C(C)C)cc1C=O)OCC. The van der Waals surface area contributed by atoms with Gasteiger partial charge in [0.15, 0.2) is 12.6 Å². The summed E-state index contributed by atoms with van der Waals surface area (Å²) in [6, 6.07) is 5.67. The average Bonchev–Trinajstić information content (AvgIpc) is 2.45. The summed E-state index contributed by atoms with van der Waals surface area (Å²) in [4.78, 5) is 11.2. The van der Waals surface area contributed by atoms with E-state index in [0.717, 1.165) is 11.8 Å². The van der Waals surface area contributed by atoms with Crippen LogP contribution in [0.5, 0.6) is 5.75 Å². The first-order valence-electron chi connectivity index (χ1n) is 7.07. The van der Waals surface area contributed by atoms with Gasteiger partial charge in [0.2, 0.25) is 0 Å². The molecule has 1 rings (SSSR count). The molecule has 0 bridgehead atoms. The molecule has 0 saturated carbocycles. The zero-order valence-corrected chi connectivity index (χ0v) is 12.7. The van der Waals surface area contributed by atoms with Crippen molar-refractivity contribution >= 4 is 6.29 Å². The summed E-state index contributed by atoms with van der Waals surface area (Å²) in [5, 5.41) is 0. The molecular weight excluding hydrogens is 256 g/mol. The quantitative estimate of drug-likeness (QED) is 0.513. The van der Waals surface area contributed by atoms with Crippen LogP contribution < -0.4 is 4.74 Å². The smallest absolute Gasteiger partial charge is 0.191 e. The molecule has 0 unspecified atom stereocenters. The standard InChI is InChI=1S/C16H24O4/c1-5-18-16(19-6-2)11-20-15-8-7-13(12(3)4)9-14(15)10-17/h7-10,12,16H,5-6,11H2,1-4H3. The Labute approximate surface area is 121 Å². The monoisotopic (exact) mass is 280 g/mol. The first-order chi connectivity index (χ1) is 9.62. The van der Waals surface area contributed by atoms with Gasteiger partial charge in [-0.15, -0.1) is 0 Å². The van der Waals surface area contributed by atoms with Crippen molar-refractivity contribution in [2.75, 3.05) is 19.8 Å². The van der Waals surface area contributed by atoms with E-state index in [2.05, 4.69) is 13.8 Å². The zero-order chi connectivity index (χ0) is 15.0. The zero-order valence-electron chi connectivity index (χ0n) is 12.7. The van der Waals surface area contributed by atoms with Crippen molar-refractivity contribution in [3.63, 3.8) is 0 Å². The number of benzene rings is 1. The summed E-state index contributed by atoms with van der Waals surface area (Å²) < 4.78 is 16.5. The number of ether oxygens (including phenoxy) is 3. The molecule has 0 spiro atoms. The van der Waals surface area contributed by atoms with Crippen LogP contribution in [0.1, 0.15) is 49.5 Å². The highest BCUT2D eigenvalue weighted by Crippen LogP contribution is 2.23. The summed E-state index contributed by atoms with van der Waals surface area (Å²) in [5.74, 6) is 0.941. The summed E-state index contributed by atoms with van der Waals surface area (Å²) >= 11 is 0. The van der Waals surface area contributed by atoms with E-state index < -0.39 is 6.29 Å². The average molecular weight is 280 g/mol. The number of rotatable bonds is 9. The van der Waals surface area contributed by atoms with Crippen molar-refractivity contribution in [1.29, 1.82) is 0 Å². The first kappa shape index (κ1) is 16.7. The van der Waals surface area contributed by atoms with E-state index in [-0.39, 0.29) is 6.61 Å². The Morgan fingerprint density at radius 2 is 1.80 bits per heavy atom. The molecule has 0 fully saturated rings. The van der Waals surface area contributed by atoms with Crippen LogP contribution in [0.15, 0.2) is 18.2 Å². The maximum Gasteiger partial charge on any atom is 0.191 e. The van der Waals surface area contributed by atoms with Crippen LogP contribution in [-0.2, 0) is 9.47 Å². The largest absolute Gasteiger partial charge is 0.488 e. The Balaban J connectivity index is 2.73. The third-order valence-electron chi connectivity index (χ3n) is 2.91. The molecule has 20 heavy (non-hydrogen) atoms. The van der Waals surface area contributed by atoms with Crippen molar-refractivity contribution < 1.29 is 19.0 Å². The van der Waals surface area contributed by atoms with E-state index in [0.29, 0.717) is 30.4 Å². The van der Waals surface area contributed by atoms with Crippen LogP contribution in [0.4, 0.5) is 0 Å². The minimum Gasteiger partial charge on any atom is -0.488 e. The molecule has 4 heteroatoms. The highest BCUT2D eigenvalue weighted by molar-refractivity contribution is 5.79. The molecule has 0 aliphatic carbocycles. The van der Waals surface area contributed by atoms with Gasteiger partial charge >= 0.3 is 0 Å². The lowest BCUT2D eigenvalue weighted by Crippen LogP contribution is -2.25. The van der Waals surface area contributed by atoms with Gasteiger partial charge in [-0.05, 0) is 37.5 Å². The van der Waals surface area contributed by atoms with Crippen LogP contribution in [0.2, 0.25) is 0 Å². The summed E-state index contributed by atoms with van der Waals surface area (Å²) in [5.41, 5.74) is 1.67. The maximum absolute atomic E-state index is 11.2. The lowest BCUT2D eigenvalue weighted by molar-refractivity contribution is -0.152. The van der Waals surface area contributed by atoms with Crippen molar-refractivity contribution in [1.82, 2.24) is 0 Å². The fourth-order valence-corrected chi connectivity index (χ4v) is 1.82. The van der Waals surface area contributed by atoms with Crippen LogP contribution >= 0.6 is 0 Å². The summed E-state index contributed by atoms with van der Waals surface area (Å²) in [6.45, 7) is 9.36. The minimum absolute atomic E-state index is 0.267. The van der Waals surface area contributed by atoms with Gasteiger partial charge in [0.05, 0.1) is 5.56 Å². The van der Waals surface area contributed by atoms with Gasteiger partial charge in [-0.2, -0.15) is 0 Å². The van der Waals surface area contributed by atoms with Gasteiger partial charge in [0.25, 0.3) is 0 Å². The number of hydrogen-bond acceptors (Lipinski definition) is 4. The minimum atomic E-state index is -0.408. The molecule has 0 heterocycles. The fraction of sp³-hybridized carbons (Fsp3) is 0.562. The highest BCUT2D eigenvalue weighted by Gasteiger charge is 2.12. The Hall–Kier alpha value is -1.39. The normalized spacial score (nSPS) is 11.1. The lowest BCUT2D eigenvalue weighted by Gasteiger charge is -2.18. The van der Waals surface area contributed by atoms with Crippen LogP contribution in [-0.4, -0.2) is 32.4 Å². The van der Waals surface area contributed by atoms with Crippen LogP contribution in [0.25, 0.3) is 0 Å². The molecule has 0 saturated heterocycles. The van der Waals surface area contributed by atoms with Gasteiger partial charge < -0.3 is 14.2 Å². The first-order valence-corrected chi connectivity index (χ1v) is 7.07. The molecule has 0 aliphatic rings. The van der Waals surface area contributed by atoms with Crippen LogP contribution in [0.3, 0.4) is 0 Å². The Morgan fingerprint density at radius 1 is 1.15 bits per heavy atom. The molecular formula is C16H24O4. The topological polar surface area (TPSA) is 44.8 Å². The molecule has 0 aromatic heterocycles. The Morgan fingerprint density at radius 3 is 2.30 bits per heavy atom. The van der Waals surface area contributed by atoms with Crippen LogP contribution in [0, 0.1) is 0 Å². The van der Waals surface area contributed by atoms with Gasteiger partial charge in [-0.3, -0.25) is 4.79 Å². The van der Waals surface area contributed by atoms with Crippen molar-refractivity contribution in [2.24, 2.45) is 0 Å². The second-order valence-corrected chi connectivity index (χ2v) is 4.72. The van der Waals surface area contributed by atoms with E-state index in [1.165, 1.54) is 0 Å². The molecule has 1 aromatic rings. The van der Waals surface area contributed by atoms with E-state index in [1.807, 2.05) is 32.0 Å². The maximum atomic E-state index is 11.2. The molecule has 0 N–H and O–H groups in total. The molecule has 0 amide bonds. The van der Waals surface area contributed by atoms with Crippen molar-refractivity contribution in [3.05, 3.63) is 29.3 Å². The molecule has 1 aromatic carbocycles. The Bertz CT molecular complexity index is 409. The predicted molar refractivity (Wildman–Crippen MR) is 78.5 cm³/mol. The fourth-order valence-electron chi connectivity index (χ4n) is 1.82. The second kappa shape index (κ2) is 8.72.